The highest BCUT2D eigenvalue weighted by molar-refractivity contribution is 5.86. The molecule has 3 rings (SSSR count). The van der Waals surface area contributed by atoms with Gasteiger partial charge in [0.05, 0.1) is 6.42 Å². The lowest BCUT2D eigenvalue weighted by Gasteiger charge is -2.36. The van der Waals surface area contributed by atoms with Crippen molar-refractivity contribution in [1.82, 2.24) is 10.2 Å². The number of alkyl halides is 3. The van der Waals surface area contributed by atoms with Gasteiger partial charge in [0, 0.05) is 32.2 Å². The predicted molar refractivity (Wildman–Crippen MR) is 89.1 cm³/mol. The quantitative estimate of drug-likeness (QED) is 0.899. The summed E-state index contributed by atoms with van der Waals surface area (Å²) in [6, 6.07) is 12.7. The number of rotatable bonds is 3. The third kappa shape index (κ3) is 4.37. The highest BCUT2D eigenvalue weighted by Gasteiger charge is 2.36. The van der Waals surface area contributed by atoms with Crippen LogP contribution in [0.2, 0.25) is 0 Å². The molecule has 2 aromatic carbocycles. The van der Waals surface area contributed by atoms with E-state index in [0.717, 1.165) is 29.4 Å². The van der Waals surface area contributed by atoms with Gasteiger partial charge in [-0.05, 0) is 16.3 Å². The van der Waals surface area contributed by atoms with E-state index in [9.17, 15) is 13.2 Å². The monoisotopic (exact) mass is 344 g/mol. The second-order valence-corrected chi connectivity index (χ2v) is 5.69. The van der Waals surface area contributed by atoms with Crippen molar-refractivity contribution in [3.63, 3.8) is 0 Å². The molecule has 23 heavy (non-hydrogen) atoms. The predicted octanol–water partition coefficient (Wildman–Crippen LogP) is 4.16. The third-order valence-electron chi connectivity index (χ3n) is 4.20. The van der Waals surface area contributed by atoms with Crippen LogP contribution in [0.1, 0.15) is 18.0 Å². The van der Waals surface area contributed by atoms with E-state index in [1.807, 2.05) is 47.4 Å². The molecule has 1 fully saturated rings. The molecule has 0 spiro atoms. The Kier molecular flexibility index (Phi) is 5.89. The first kappa shape index (κ1) is 18.0. The van der Waals surface area contributed by atoms with E-state index in [0.29, 0.717) is 13.1 Å². The minimum Gasteiger partial charge on any atom is -0.314 e. The van der Waals surface area contributed by atoms with Crippen LogP contribution in [-0.4, -0.2) is 37.3 Å². The first-order chi connectivity index (χ1) is 10.5. The Morgan fingerprint density at radius 3 is 2.35 bits per heavy atom. The molecule has 2 aromatic rings. The van der Waals surface area contributed by atoms with E-state index in [2.05, 4.69) is 5.32 Å². The van der Waals surface area contributed by atoms with Crippen LogP contribution in [0.4, 0.5) is 13.2 Å². The smallest absolute Gasteiger partial charge is 0.314 e. The zero-order chi connectivity index (χ0) is 15.6. The number of fused-ring (bicyclic) bond motifs is 1. The summed E-state index contributed by atoms with van der Waals surface area (Å²) < 4.78 is 39.3. The lowest BCUT2D eigenvalue weighted by molar-refractivity contribution is -0.148. The number of hydrogen-bond donors (Lipinski definition) is 1. The zero-order valence-corrected chi connectivity index (χ0v) is 13.5. The van der Waals surface area contributed by atoms with Gasteiger partial charge in [-0.15, -0.1) is 12.4 Å². The van der Waals surface area contributed by atoms with Crippen LogP contribution < -0.4 is 5.32 Å². The average molecular weight is 345 g/mol. The molecular formula is C17H20ClF3N2. The van der Waals surface area contributed by atoms with Gasteiger partial charge >= 0.3 is 6.18 Å². The summed E-state index contributed by atoms with van der Waals surface area (Å²) in [4.78, 5) is 1.95. The Morgan fingerprint density at radius 1 is 1.00 bits per heavy atom. The van der Waals surface area contributed by atoms with Gasteiger partial charge in [-0.1, -0.05) is 42.5 Å². The summed E-state index contributed by atoms with van der Waals surface area (Å²) in [5, 5.41) is 5.10. The van der Waals surface area contributed by atoms with Crippen LogP contribution in [0.15, 0.2) is 42.5 Å². The summed E-state index contributed by atoms with van der Waals surface area (Å²) in [5.41, 5.74) is 0.775. The minimum absolute atomic E-state index is 0. The van der Waals surface area contributed by atoms with Crippen molar-refractivity contribution in [3.8, 4) is 0 Å². The Balaban J connectivity index is 0.00000192. The van der Waals surface area contributed by atoms with Crippen LogP contribution in [0.25, 0.3) is 10.8 Å². The third-order valence-corrected chi connectivity index (χ3v) is 4.20. The molecule has 0 unspecified atom stereocenters. The molecule has 1 saturated heterocycles. The van der Waals surface area contributed by atoms with Gasteiger partial charge in [-0.3, -0.25) is 4.90 Å². The van der Waals surface area contributed by atoms with Crippen molar-refractivity contribution in [3.05, 3.63) is 48.0 Å². The van der Waals surface area contributed by atoms with Crippen molar-refractivity contribution < 1.29 is 13.2 Å². The molecular weight excluding hydrogens is 325 g/mol. The van der Waals surface area contributed by atoms with E-state index in [1.165, 1.54) is 0 Å². The van der Waals surface area contributed by atoms with Gasteiger partial charge in [-0.2, -0.15) is 13.2 Å². The van der Waals surface area contributed by atoms with E-state index in [-0.39, 0.29) is 12.4 Å². The second kappa shape index (κ2) is 7.51. The fraction of sp³-hybridized carbons (Fsp3) is 0.412. The molecule has 1 heterocycles. The maximum absolute atomic E-state index is 13.1. The molecule has 0 aliphatic carbocycles. The van der Waals surface area contributed by atoms with Crippen molar-refractivity contribution in [2.24, 2.45) is 0 Å². The Hall–Kier alpha value is -1.30. The summed E-state index contributed by atoms with van der Waals surface area (Å²) in [5.74, 6) is 0. The maximum atomic E-state index is 13.1. The lowest BCUT2D eigenvalue weighted by Crippen LogP contribution is -2.46. The fourth-order valence-corrected chi connectivity index (χ4v) is 3.19. The minimum atomic E-state index is -4.17. The van der Waals surface area contributed by atoms with Gasteiger partial charge in [0.15, 0.2) is 0 Å². The molecule has 0 aromatic heterocycles. The van der Waals surface area contributed by atoms with Gasteiger partial charge < -0.3 is 5.32 Å². The van der Waals surface area contributed by atoms with Crippen LogP contribution in [0, 0.1) is 0 Å². The molecule has 1 N–H and O–H groups in total. The maximum Gasteiger partial charge on any atom is 0.390 e. The van der Waals surface area contributed by atoms with Crippen molar-refractivity contribution >= 4 is 23.2 Å². The van der Waals surface area contributed by atoms with Crippen molar-refractivity contribution in [2.45, 2.75) is 18.6 Å². The van der Waals surface area contributed by atoms with Gasteiger partial charge in [0.1, 0.15) is 0 Å². The Bertz CT molecular complexity index is 634. The fourth-order valence-electron chi connectivity index (χ4n) is 3.19. The van der Waals surface area contributed by atoms with Crippen LogP contribution in [0.3, 0.4) is 0 Å². The SMILES string of the molecule is Cl.FC(F)(F)C[C@@H](c1cccc2ccccc12)N1CCNCC1. The normalized spacial score (nSPS) is 17.7. The number of benzene rings is 2. The van der Waals surface area contributed by atoms with Gasteiger partial charge in [0.25, 0.3) is 0 Å². The van der Waals surface area contributed by atoms with Gasteiger partial charge in [-0.25, -0.2) is 0 Å². The highest BCUT2D eigenvalue weighted by atomic mass is 35.5. The van der Waals surface area contributed by atoms with Crippen LogP contribution in [-0.2, 0) is 0 Å². The molecule has 0 amide bonds. The van der Waals surface area contributed by atoms with Crippen molar-refractivity contribution in [2.75, 3.05) is 26.2 Å². The van der Waals surface area contributed by atoms with E-state index in [4.69, 9.17) is 0 Å². The van der Waals surface area contributed by atoms with Crippen LogP contribution in [0.5, 0.6) is 0 Å². The van der Waals surface area contributed by atoms with Gasteiger partial charge in [0.2, 0.25) is 0 Å². The molecule has 126 valence electrons. The van der Waals surface area contributed by atoms with E-state index < -0.39 is 18.6 Å². The van der Waals surface area contributed by atoms with E-state index >= 15 is 0 Å². The Labute approximate surface area is 140 Å². The molecule has 0 bridgehead atoms. The summed E-state index contributed by atoms with van der Waals surface area (Å²) in [6.45, 7) is 2.76. The average Bonchev–Trinajstić information content (AvgIpc) is 2.52. The first-order valence-corrected chi connectivity index (χ1v) is 7.54. The number of hydrogen-bond acceptors (Lipinski definition) is 2. The molecule has 0 radical (unpaired) electrons. The molecule has 2 nitrogen and oxygen atoms in total. The number of nitrogens with zero attached hydrogens (tertiary/aromatic N) is 1. The first-order valence-electron chi connectivity index (χ1n) is 7.54. The molecule has 1 aliphatic rings. The standard InChI is InChI=1S/C17H19F3N2.ClH/c18-17(19,20)12-16(22-10-8-21-9-11-22)15-7-3-5-13-4-1-2-6-14(13)15;/h1-7,16,21H,8-12H2;1H/t16-;/m0./s1. The topological polar surface area (TPSA) is 15.3 Å². The summed E-state index contributed by atoms with van der Waals surface area (Å²) in [6.07, 6.45) is -4.98. The molecule has 1 aliphatic heterocycles. The largest absolute Gasteiger partial charge is 0.390 e. The summed E-state index contributed by atoms with van der Waals surface area (Å²) >= 11 is 0. The lowest BCUT2D eigenvalue weighted by atomic mass is 9.95. The number of halogens is 4. The van der Waals surface area contributed by atoms with Crippen LogP contribution >= 0.6 is 12.4 Å². The van der Waals surface area contributed by atoms with Crippen molar-refractivity contribution in [1.29, 1.82) is 0 Å². The molecule has 1 atom stereocenters. The zero-order valence-electron chi connectivity index (χ0n) is 12.6. The van der Waals surface area contributed by atoms with E-state index in [1.54, 1.807) is 0 Å². The molecule has 0 saturated carbocycles. The number of nitrogens with one attached hydrogen (secondary N) is 1. The number of piperazine rings is 1. The summed E-state index contributed by atoms with van der Waals surface area (Å²) in [7, 11) is 0. The molecule has 6 heteroatoms. The Morgan fingerprint density at radius 2 is 1.65 bits per heavy atom. The highest BCUT2D eigenvalue weighted by Crippen LogP contribution is 2.37. The second-order valence-electron chi connectivity index (χ2n) is 5.69.